The summed E-state index contributed by atoms with van der Waals surface area (Å²) in [5, 5.41) is 0. The summed E-state index contributed by atoms with van der Waals surface area (Å²) in [6.45, 7) is 0. The molecule has 1 amide bonds. The van der Waals surface area contributed by atoms with Crippen LogP contribution in [-0.4, -0.2) is 54.5 Å². The van der Waals surface area contributed by atoms with Crippen molar-refractivity contribution in [2.75, 3.05) is 47.5 Å². The lowest BCUT2D eigenvalue weighted by Crippen LogP contribution is -2.36. The lowest BCUT2D eigenvalue weighted by molar-refractivity contribution is -0.149. The molecule has 8 nitrogen and oxygen atoms in total. The smallest absolute Gasteiger partial charge is 0.318 e. The van der Waals surface area contributed by atoms with E-state index in [9.17, 15) is 9.59 Å². The molecule has 0 unspecified atom stereocenters. The van der Waals surface area contributed by atoms with Crippen molar-refractivity contribution in [3.05, 3.63) is 41.5 Å². The Kier molecular flexibility index (Phi) is 6.58. The van der Waals surface area contributed by atoms with Crippen molar-refractivity contribution < 1.29 is 33.3 Å². The Morgan fingerprint density at radius 2 is 1.58 bits per heavy atom. The SMILES string of the molecule is COC(=O)[C@H]1C[C@@H](c2cc(OC)c(OC)c(OC)c2)c2ccc(OC)cc2N(C)C1=O. The van der Waals surface area contributed by atoms with E-state index in [1.54, 1.807) is 34.4 Å². The normalized spacial score (nSPS) is 18.0. The van der Waals surface area contributed by atoms with Crippen molar-refractivity contribution in [1.29, 1.82) is 0 Å². The molecule has 1 aliphatic heterocycles. The van der Waals surface area contributed by atoms with Crippen LogP contribution >= 0.6 is 0 Å². The number of fused-ring (bicyclic) bond motifs is 1. The van der Waals surface area contributed by atoms with Crippen LogP contribution < -0.4 is 23.8 Å². The van der Waals surface area contributed by atoms with Gasteiger partial charge in [0, 0.05) is 19.0 Å². The number of esters is 1. The summed E-state index contributed by atoms with van der Waals surface area (Å²) in [5.74, 6) is -0.125. The van der Waals surface area contributed by atoms with Crippen molar-refractivity contribution in [3.8, 4) is 23.0 Å². The minimum atomic E-state index is -0.961. The Bertz CT molecular complexity index is 963. The van der Waals surface area contributed by atoms with E-state index in [0.717, 1.165) is 11.1 Å². The average Bonchev–Trinajstić information content (AvgIpc) is 2.92. The zero-order chi connectivity index (χ0) is 22.7. The summed E-state index contributed by atoms with van der Waals surface area (Å²) >= 11 is 0. The zero-order valence-electron chi connectivity index (χ0n) is 18.6. The maximum atomic E-state index is 13.1. The maximum absolute atomic E-state index is 13.1. The molecule has 0 fully saturated rings. The third-order valence-electron chi connectivity index (χ3n) is 5.65. The van der Waals surface area contributed by atoms with E-state index in [4.69, 9.17) is 23.7 Å². The van der Waals surface area contributed by atoms with Crippen LogP contribution in [0.1, 0.15) is 23.5 Å². The van der Waals surface area contributed by atoms with Crippen molar-refractivity contribution in [2.24, 2.45) is 5.92 Å². The van der Waals surface area contributed by atoms with E-state index in [-0.39, 0.29) is 18.2 Å². The summed E-state index contributed by atoms with van der Waals surface area (Å²) in [6, 6.07) is 9.21. The molecule has 3 rings (SSSR count). The minimum Gasteiger partial charge on any atom is -0.497 e. The van der Waals surface area contributed by atoms with Gasteiger partial charge in [-0.3, -0.25) is 9.59 Å². The van der Waals surface area contributed by atoms with Gasteiger partial charge in [0.25, 0.3) is 0 Å². The monoisotopic (exact) mass is 429 g/mol. The summed E-state index contributed by atoms with van der Waals surface area (Å²) in [6.07, 6.45) is 0.230. The van der Waals surface area contributed by atoms with Crippen LogP contribution in [0.25, 0.3) is 0 Å². The molecule has 0 spiro atoms. The van der Waals surface area contributed by atoms with Gasteiger partial charge in [-0.1, -0.05) is 6.07 Å². The van der Waals surface area contributed by atoms with Crippen molar-refractivity contribution in [3.63, 3.8) is 0 Å². The fourth-order valence-corrected chi connectivity index (χ4v) is 4.01. The van der Waals surface area contributed by atoms with Crippen LogP contribution in [0.3, 0.4) is 0 Å². The van der Waals surface area contributed by atoms with Crippen molar-refractivity contribution in [1.82, 2.24) is 0 Å². The third kappa shape index (κ3) is 3.97. The second-order valence-electron chi connectivity index (χ2n) is 7.14. The molecule has 0 bridgehead atoms. The van der Waals surface area contributed by atoms with Crippen LogP contribution in [0.2, 0.25) is 0 Å². The van der Waals surface area contributed by atoms with Gasteiger partial charge in [-0.2, -0.15) is 0 Å². The fraction of sp³-hybridized carbons (Fsp3) is 0.391. The van der Waals surface area contributed by atoms with E-state index in [0.29, 0.717) is 28.7 Å². The Balaban J connectivity index is 2.25. The highest BCUT2D eigenvalue weighted by molar-refractivity contribution is 6.07. The molecule has 1 aliphatic rings. The van der Waals surface area contributed by atoms with Crippen LogP contribution in [0.5, 0.6) is 23.0 Å². The quantitative estimate of drug-likeness (QED) is 0.516. The molecule has 31 heavy (non-hydrogen) atoms. The second kappa shape index (κ2) is 9.16. The second-order valence-corrected chi connectivity index (χ2v) is 7.14. The van der Waals surface area contributed by atoms with Gasteiger partial charge in [0.1, 0.15) is 11.7 Å². The number of carbonyl (C=O) groups is 2. The van der Waals surface area contributed by atoms with E-state index in [2.05, 4.69) is 0 Å². The van der Waals surface area contributed by atoms with Gasteiger partial charge in [-0.05, 0) is 35.7 Å². The number of rotatable bonds is 6. The summed E-state index contributed by atoms with van der Waals surface area (Å²) in [7, 11) is 9.12. The fourth-order valence-electron chi connectivity index (χ4n) is 4.01. The number of amides is 1. The number of anilines is 1. The van der Waals surface area contributed by atoms with Crippen LogP contribution in [0.4, 0.5) is 5.69 Å². The molecule has 0 aromatic heterocycles. The van der Waals surface area contributed by atoms with Gasteiger partial charge in [0.15, 0.2) is 11.5 Å². The van der Waals surface area contributed by atoms with Crippen LogP contribution in [0.15, 0.2) is 30.3 Å². The molecular formula is C23H27NO7. The van der Waals surface area contributed by atoms with Crippen LogP contribution in [0, 0.1) is 5.92 Å². The van der Waals surface area contributed by atoms with Crippen molar-refractivity contribution >= 4 is 17.6 Å². The largest absolute Gasteiger partial charge is 0.497 e. The Labute approximate surface area is 181 Å². The number of benzene rings is 2. The molecule has 8 heteroatoms. The van der Waals surface area contributed by atoms with E-state index in [1.807, 2.05) is 24.3 Å². The number of nitrogens with zero attached hydrogens (tertiary/aromatic N) is 1. The molecule has 2 aromatic rings. The number of carbonyl (C=O) groups excluding carboxylic acids is 2. The van der Waals surface area contributed by atoms with Gasteiger partial charge >= 0.3 is 5.97 Å². The molecule has 0 radical (unpaired) electrons. The first-order valence-corrected chi connectivity index (χ1v) is 9.73. The summed E-state index contributed by atoms with van der Waals surface area (Å²) in [4.78, 5) is 27.1. The Morgan fingerprint density at radius 1 is 0.935 bits per heavy atom. The molecule has 0 saturated carbocycles. The van der Waals surface area contributed by atoms with Gasteiger partial charge in [-0.15, -0.1) is 0 Å². The highest BCUT2D eigenvalue weighted by Gasteiger charge is 2.39. The maximum Gasteiger partial charge on any atom is 0.318 e. The molecular weight excluding hydrogens is 402 g/mol. The van der Waals surface area contributed by atoms with Gasteiger partial charge < -0.3 is 28.6 Å². The highest BCUT2D eigenvalue weighted by Crippen LogP contribution is 2.46. The highest BCUT2D eigenvalue weighted by atomic mass is 16.5. The number of ether oxygens (including phenoxy) is 5. The molecule has 0 aliphatic carbocycles. The predicted octanol–water partition coefficient (Wildman–Crippen LogP) is 3.01. The first-order valence-electron chi connectivity index (χ1n) is 9.73. The number of methoxy groups -OCH3 is 5. The molecule has 0 saturated heterocycles. The van der Waals surface area contributed by atoms with Gasteiger partial charge in [0.2, 0.25) is 11.7 Å². The zero-order valence-corrected chi connectivity index (χ0v) is 18.6. The standard InChI is InChI=1S/C23H27NO7/c1-24-18-11-14(27-2)7-8-15(18)16(12-17(22(24)25)23(26)31-6)13-9-19(28-3)21(30-5)20(10-13)29-4/h7-11,16-17H,12H2,1-6H3/t16-,17-/m0/s1. The van der Waals surface area contributed by atoms with Gasteiger partial charge in [0.05, 0.1) is 41.2 Å². The molecule has 2 atom stereocenters. The van der Waals surface area contributed by atoms with E-state index in [1.165, 1.54) is 19.1 Å². The van der Waals surface area contributed by atoms with Gasteiger partial charge in [-0.25, -0.2) is 0 Å². The average molecular weight is 429 g/mol. The molecule has 166 valence electrons. The molecule has 1 heterocycles. The summed E-state index contributed by atoms with van der Waals surface area (Å²) < 4.78 is 26.7. The summed E-state index contributed by atoms with van der Waals surface area (Å²) in [5.41, 5.74) is 2.35. The minimum absolute atomic E-state index is 0.230. The predicted molar refractivity (Wildman–Crippen MR) is 114 cm³/mol. The van der Waals surface area contributed by atoms with Crippen LogP contribution in [-0.2, 0) is 14.3 Å². The third-order valence-corrected chi connectivity index (χ3v) is 5.65. The first-order chi connectivity index (χ1) is 14.9. The molecule has 0 N–H and O–H groups in total. The topological polar surface area (TPSA) is 83.5 Å². The molecule has 2 aromatic carbocycles. The lowest BCUT2D eigenvalue weighted by Gasteiger charge is -2.23. The van der Waals surface area contributed by atoms with E-state index >= 15 is 0 Å². The first kappa shape index (κ1) is 22.3. The number of hydrogen-bond donors (Lipinski definition) is 0. The Hall–Kier alpha value is -3.42. The Morgan fingerprint density at radius 3 is 2.10 bits per heavy atom. The van der Waals surface area contributed by atoms with E-state index < -0.39 is 11.9 Å². The number of hydrogen-bond acceptors (Lipinski definition) is 7. The van der Waals surface area contributed by atoms with Crippen molar-refractivity contribution in [2.45, 2.75) is 12.3 Å². The lowest BCUT2D eigenvalue weighted by atomic mass is 9.83.